The van der Waals surface area contributed by atoms with Crippen molar-refractivity contribution < 1.29 is 5.11 Å². The van der Waals surface area contributed by atoms with E-state index >= 15 is 0 Å². The third-order valence-corrected chi connectivity index (χ3v) is 2.30. The molecule has 0 aliphatic carbocycles. The fraction of sp³-hybridized carbons (Fsp3) is 0.455. The number of phenols is 1. The topological polar surface area (TPSA) is 72.3 Å². The van der Waals surface area contributed by atoms with E-state index in [4.69, 9.17) is 11.5 Å². The molecule has 0 aliphatic rings. The highest BCUT2D eigenvalue weighted by Gasteiger charge is 2.09. The molecule has 86 valence electrons. The molecule has 0 unspecified atom stereocenters. The lowest BCUT2D eigenvalue weighted by Gasteiger charge is -2.13. The Labute approximate surface area is 96.9 Å². The van der Waals surface area contributed by atoms with E-state index in [0.717, 1.165) is 24.0 Å². The second-order valence-corrected chi connectivity index (χ2v) is 3.60. The predicted molar refractivity (Wildman–Crippen MR) is 65.3 cm³/mol. The van der Waals surface area contributed by atoms with Crippen molar-refractivity contribution >= 4 is 12.4 Å². The Hall–Kier alpha value is -0.770. The second kappa shape index (κ2) is 6.67. The number of benzene rings is 1. The third kappa shape index (κ3) is 4.08. The number of halogens is 1. The predicted octanol–water partition coefficient (Wildman–Crippen LogP) is 1.86. The van der Waals surface area contributed by atoms with Crippen LogP contribution in [0.4, 0.5) is 0 Å². The van der Waals surface area contributed by atoms with E-state index in [2.05, 4.69) is 0 Å². The van der Waals surface area contributed by atoms with Crippen LogP contribution in [0.1, 0.15) is 30.0 Å². The molecule has 3 nitrogen and oxygen atoms in total. The van der Waals surface area contributed by atoms with E-state index in [1.807, 2.05) is 19.1 Å². The van der Waals surface area contributed by atoms with Crippen molar-refractivity contribution in [3.8, 4) is 5.75 Å². The smallest absolute Gasteiger partial charge is 0.120 e. The summed E-state index contributed by atoms with van der Waals surface area (Å²) >= 11 is 0. The molecule has 0 heterocycles. The van der Waals surface area contributed by atoms with Gasteiger partial charge in [-0.25, -0.2) is 0 Å². The molecular formula is C11H19ClN2O. The molecule has 0 radical (unpaired) electrons. The average molecular weight is 231 g/mol. The van der Waals surface area contributed by atoms with Crippen molar-refractivity contribution in [2.45, 2.75) is 25.8 Å². The molecule has 0 bridgehead atoms. The number of hydrogen-bond acceptors (Lipinski definition) is 3. The van der Waals surface area contributed by atoms with Gasteiger partial charge in [-0.15, -0.1) is 12.4 Å². The zero-order valence-electron chi connectivity index (χ0n) is 8.94. The Morgan fingerprint density at radius 1 is 1.40 bits per heavy atom. The van der Waals surface area contributed by atoms with Crippen molar-refractivity contribution in [1.82, 2.24) is 0 Å². The van der Waals surface area contributed by atoms with Gasteiger partial charge in [0.05, 0.1) is 0 Å². The van der Waals surface area contributed by atoms with E-state index < -0.39 is 0 Å². The molecule has 0 fully saturated rings. The molecule has 15 heavy (non-hydrogen) atoms. The first-order valence-electron chi connectivity index (χ1n) is 4.90. The van der Waals surface area contributed by atoms with Crippen LogP contribution in [0.3, 0.4) is 0 Å². The first kappa shape index (κ1) is 14.2. The Balaban J connectivity index is 0.00000196. The van der Waals surface area contributed by atoms with E-state index in [9.17, 15) is 5.11 Å². The maximum atomic E-state index is 9.59. The van der Waals surface area contributed by atoms with Crippen molar-refractivity contribution in [1.29, 1.82) is 0 Å². The normalized spacial score (nSPS) is 11.9. The molecule has 0 amide bonds. The van der Waals surface area contributed by atoms with Crippen LogP contribution >= 0.6 is 12.4 Å². The first-order chi connectivity index (χ1) is 6.65. The molecule has 5 N–H and O–H groups in total. The van der Waals surface area contributed by atoms with Crippen LogP contribution in [0, 0.1) is 6.92 Å². The summed E-state index contributed by atoms with van der Waals surface area (Å²) in [6.45, 7) is 2.62. The molecule has 1 rings (SSSR count). The van der Waals surface area contributed by atoms with Gasteiger partial charge >= 0.3 is 0 Å². The average Bonchev–Trinajstić information content (AvgIpc) is 2.18. The SMILES string of the molecule is Cc1ccc(O)c([C@H](N)CCCN)c1.Cl. The van der Waals surface area contributed by atoms with Crippen LogP contribution in [-0.2, 0) is 0 Å². The summed E-state index contributed by atoms with van der Waals surface area (Å²) in [6, 6.07) is 5.37. The Kier molecular flexibility index (Phi) is 6.32. The van der Waals surface area contributed by atoms with Crippen LogP contribution < -0.4 is 11.5 Å². The molecule has 0 saturated carbocycles. The zero-order chi connectivity index (χ0) is 10.6. The Morgan fingerprint density at radius 3 is 2.67 bits per heavy atom. The van der Waals surface area contributed by atoms with E-state index in [-0.39, 0.29) is 24.2 Å². The van der Waals surface area contributed by atoms with Crippen LogP contribution in [0.5, 0.6) is 5.75 Å². The van der Waals surface area contributed by atoms with E-state index in [1.54, 1.807) is 6.07 Å². The van der Waals surface area contributed by atoms with Crippen molar-refractivity contribution in [3.05, 3.63) is 29.3 Å². The lowest BCUT2D eigenvalue weighted by molar-refractivity contribution is 0.457. The highest BCUT2D eigenvalue weighted by Crippen LogP contribution is 2.26. The van der Waals surface area contributed by atoms with Crippen molar-refractivity contribution in [3.63, 3.8) is 0 Å². The molecule has 1 aromatic carbocycles. The number of nitrogens with two attached hydrogens (primary N) is 2. The summed E-state index contributed by atoms with van der Waals surface area (Å²) < 4.78 is 0. The standard InChI is InChI=1S/C11H18N2O.ClH/c1-8-4-5-11(14)9(7-8)10(13)3-2-6-12;/h4-5,7,10,14H,2-3,6,12-13H2,1H3;1H/t10-;/m1./s1. The van der Waals surface area contributed by atoms with Crippen molar-refractivity contribution in [2.24, 2.45) is 11.5 Å². The Morgan fingerprint density at radius 2 is 2.07 bits per heavy atom. The quantitative estimate of drug-likeness (QED) is 0.739. The second-order valence-electron chi connectivity index (χ2n) is 3.60. The van der Waals surface area contributed by atoms with Gasteiger partial charge in [0.25, 0.3) is 0 Å². The van der Waals surface area contributed by atoms with Crippen LogP contribution in [0.15, 0.2) is 18.2 Å². The fourth-order valence-electron chi connectivity index (χ4n) is 1.46. The summed E-state index contributed by atoms with van der Waals surface area (Å²) in [5.74, 6) is 0.278. The molecule has 4 heteroatoms. The highest BCUT2D eigenvalue weighted by molar-refractivity contribution is 5.85. The largest absolute Gasteiger partial charge is 0.508 e. The van der Waals surface area contributed by atoms with Gasteiger partial charge < -0.3 is 16.6 Å². The van der Waals surface area contributed by atoms with Gasteiger partial charge in [-0.1, -0.05) is 17.7 Å². The lowest BCUT2D eigenvalue weighted by atomic mass is 10.00. The van der Waals surface area contributed by atoms with Gasteiger partial charge in [-0.05, 0) is 32.4 Å². The first-order valence-corrected chi connectivity index (χ1v) is 4.90. The van der Waals surface area contributed by atoms with Gasteiger partial charge in [0.2, 0.25) is 0 Å². The third-order valence-electron chi connectivity index (χ3n) is 2.30. The van der Waals surface area contributed by atoms with Crippen LogP contribution in [0.2, 0.25) is 0 Å². The summed E-state index contributed by atoms with van der Waals surface area (Å²) in [4.78, 5) is 0. The van der Waals surface area contributed by atoms with Gasteiger partial charge in [0.15, 0.2) is 0 Å². The van der Waals surface area contributed by atoms with Gasteiger partial charge in [-0.2, -0.15) is 0 Å². The summed E-state index contributed by atoms with van der Waals surface area (Å²) in [5.41, 5.74) is 13.3. The monoisotopic (exact) mass is 230 g/mol. The molecule has 0 aliphatic heterocycles. The number of rotatable bonds is 4. The van der Waals surface area contributed by atoms with Crippen molar-refractivity contribution in [2.75, 3.05) is 6.54 Å². The number of hydrogen-bond donors (Lipinski definition) is 3. The Bertz CT molecular complexity index is 305. The van der Waals surface area contributed by atoms with Gasteiger partial charge in [0.1, 0.15) is 5.75 Å². The molecule has 0 saturated heterocycles. The van der Waals surface area contributed by atoms with E-state index in [1.165, 1.54) is 0 Å². The molecule has 1 aromatic rings. The maximum absolute atomic E-state index is 9.59. The minimum atomic E-state index is -0.113. The minimum absolute atomic E-state index is 0. The molecular weight excluding hydrogens is 212 g/mol. The fourth-order valence-corrected chi connectivity index (χ4v) is 1.46. The van der Waals surface area contributed by atoms with Crippen LogP contribution in [0.25, 0.3) is 0 Å². The minimum Gasteiger partial charge on any atom is -0.508 e. The molecule has 1 atom stereocenters. The summed E-state index contributed by atoms with van der Waals surface area (Å²) in [7, 11) is 0. The summed E-state index contributed by atoms with van der Waals surface area (Å²) in [6.07, 6.45) is 1.70. The van der Waals surface area contributed by atoms with Gasteiger partial charge in [0, 0.05) is 11.6 Å². The molecule has 0 spiro atoms. The molecule has 0 aromatic heterocycles. The van der Waals surface area contributed by atoms with E-state index in [0.29, 0.717) is 6.54 Å². The van der Waals surface area contributed by atoms with Crippen LogP contribution in [-0.4, -0.2) is 11.7 Å². The van der Waals surface area contributed by atoms with Gasteiger partial charge in [-0.3, -0.25) is 0 Å². The summed E-state index contributed by atoms with van der Waals surface area (Å²) in [5, 5.41) is 9.59. The number of aryl methyl sites for hydroxylation is 1. The highest BCUT2D eigenvalue weighted by atomic mass is 35.5. The maximum Gasteiger partial charge on any atom is 0.120 e. The number of aromatic hydroxyl groups is 1. The number of phenolic OH excluding ortho intramolecular Hbond substituents is 1. The lowest BCUT2D eigenvalue weighted by Crippen LogP contribution is -2.12. The zero-order valence-corrected chi connectivity index (χ0v) is 9.76.